The Morgan fingerprint density at radius 2 is 2.12 bits per heavy atom. The summed E-state index contributed by atoms with van der Waals surface area (Å²) in [5.41, 5.74) is 0.400. The molecule has 0 radical (unpaired) electrons. The number of aromatic nitrogens is 3. The van der Waals surface area contributed by atoms with Gasteiger partial charge < -0.3 is 9.84 Å². The lowest BCUT2D eigenvalue weighted by Crippen LogP contribution is -2.26. The van der Waals surface area contributed by atoms with Gasteiger partial charge in [0.15, 0.2) is 0 Å². The molecule has 0 saturated carbocycles. The Kier molecular flexibility index (Phi) is 4.47. The molecular formula is C9H14F3N3O2. The van der Waals surface area contributed by atoms with Crippen molar-refractivity contribution in [2.75, 3.05) is 13.7 Å². The number of ether oxygens (including phenoxy) is 1. The molecule has 0 aliphatic heterocycles. The first-order chi connectivity index (χ1) is 7.91. The van der Waals surface area contributed by atoms with E-state index in [1.54, 1.807) is 0 Å². The zero-order chi connectivity index (χ0) is 13.1. The van der Waals surface area contributed by atoms with Gasteiger partial charge in [0.2, 0.25) is 0 Å². The van der Waals surface area contributed by atoms with E-state index >= 15 is 0 Å². The first-order valence-corrected chi connectivity index (χ1v) is 5.01. The van der Waals surface area contributed by atoms with Crippen molar-refractivity contribution in [3.05, 3.63) is 11.4 Å². The number of hydrogen-bond acceptors (Lipinski definition) is 4. The van der Waals surface area contributed by atoms with Crippen LogP contribution in [0.25, 0.3) is 0 Å². The van der Waals surface area contributed by atoms with Crippen LogP contribution >= 0.6 is 0 Å². The Balaban J connectivity index is 3.02. The minimum absolute atomic E-state index is 0.151. The number of hydrogen-bond donors (Lipinski definition) is 1. The predicted molar refractivity (Wildman–Crippen MR) is 52.3 cm³/mol. The highest BCUT2D eigenvalue weighted by atomic mass is 19.4. The maximum atomic E-state index is 12.6. The largest absolute Gasteiger partial charge is 0.410 e. The smallest absolute Gasteiger partial charge is 0.390 e. The summed E-state index contributed by atoms with van der Waals surface area (Å²) in [6.07, 6.45) is -4.18. The van der Waals surface area contributed by atoms with Crippen molar-refractivity contribution in [3.8, 4) is 0 Å². The third-order valence-electron chi connectivity index (χ3n) is 2.40. The van der Waals surface area contributed by atoms with Crippen LogP contribution in [0.5, 0.6) is 0 Å². The van der Waals surface area contributed by atoms with Crippen molar-refractivity contribution in [3.63, 3.8) is 0 Å². The van der Waals surface area contributed by atoms with Gasteiger partial charge in [-0.05, 0) is 6.92 Å². The monoisotopic (exact) mass is 253 g/mol. The van der Waals surface area contributed by atoms with Crippen LogP contribution in [0.2, 0.25) is 0 Å². The van der Waals surface area contributed by atoms with E-state index in [1.165, 1.54) is 7.11 Å². The lowest BCUT2D eigenvalue weighted by Gasteiger charge is -2.18. The van der Waals surface area contributed by atoms with Crippen LogP contribution in [-0.2, 0) is 17.8 Å². The third-order valence-corrected chi connectivity index (χ3v) is 2.40. The van der Waals surface area contributed by atoms with Crippen molar-refractivity contribution in [2.24, 2.45) is 0 Å². The zero-order valence-electron chi connectivity index (χ0n) is 9.53. The Morgan fingerprint density at radius 1 is 1.47 bits per heavy atom. The molecule has 0 bridgehead atoms. The summed E-state index contributed by atoms with van der Waals surface area (Å²) in [6, 6.07) is -1.78. The van der Waals surface area contributed by atoms with E-state index < -0.39 is 18.8 Å². The number of methoxy groups -OCH3 is 1. The molecule has 0 aromatic carbocycles. The lowest BCUT2D eigenvalue weighted by molar-refractivity contribution is -0.166. The minimum atomic E-state index is -4.40. The van der Waals surface area contributed by atoms with E-state index in [0.29, 0.717) is 0 Å². The molecule has 17 heavy (non-hydrogen) atoms. The molecule has 8 heteroatoms. The van der Waals surface area contributed by atoms with Gasteiger partial charge in [0.25, 0.3) is 0 Å². The molecule has 0 saturated heterocycles. The third kappa shape index (κ3) is 3.16. The van der Waals surface area contributed by atoms with Crippen molar-refractivity contribution in [1.82, 2.24) is 15.0 Å². The summed E-state index contributed by atoms with van der Waals surface area (Å²) in [5, 5.41) is 15.9. The molecule has 1 N–H and O–H groups in total. The molecular weight excluding hydrogens is 239 g/mol. The summed E-state index contributed by atoms with van der Waals surface area (Å²) in [4.78, 5) is 0. The average Bonchev–Trinajstić information content (AvgIpc) is 2.66. The van der Waals surface area contributed by atoms with Gasteiger partial charge in [0.1, 0.15) is 11.7 Å². The molecule has 0 aliphatic carbocycles. The van der Waals surface area contributed by atoms with Gasteiger partial charge in [-0.15, -0.1) is 5.10 Å². The summed E-state index contributed by atoms with van der Waals surface area (Å²) >= 11 is 0. The first kappa shape index (κ1) is 13.9. The van der Waals surface area contributed by atoms with Crippen LogP contribution in [0.1, 0.15) is 24.4 Å². The maximum absolute atomic E-state index is 12.6. The Hall–Kier alpha value is -1.15. The van der Waals surface area contributed by atoms with Gasteiger partial charge in [-0.3, -0.25) is 0 Å². The zero-order valence-corrected chi connectivity index (χ0v) is 9.53. The van der Waals surface area contributed by atoms with E-state index in [-0.39, 0.29) is 24.4 Å². The van der Waals surface area contributed by atoms with Crippen molar-refractivity contribution < 1.29 is 23.0 Å². The quantitative estimate of drug-likeness (QED) is 0.853. The highest BCUT2D eigenvalue weighted by molar-refractivity contribution is 5.10. The van der Waals surface area contributed by atoms with Crippen LogP contribution < -0.4 is 0 Å². The average molecular weight is 253 g/mol. The van der Waals surface area contributed by atoms with Crippen molar-refractivity contribution in [2.45, 2.75) is 32.2 Å². The van der Waals surface area contributed by atoms with Gasteiger partial charge in [-0.1, -0.05) is 5.21 Å². The summed E-state index contributed by atoms with van der Waals surface area (Å²) in [5.74, 6) is 0. The van der Waals surface area contributed by atoms with Gasteiger partial charge in [0, 0.05) is 13.5 Å². The molecule has 0 fully saturated rings. The predicted octanol–water partition coefficient (Wildman–Crippen LogP) is 1.08. The SMILES string of the molecule is COCCc1c(CO)nnn1C(C)C(F)(F)F. The molecule has 1 unspecified atom stereocenters. The number of halogens is 3. The summed E-state index contributed by atoms with van der Waals surface area (Å²) in [7, 11) is 1.44. The number of nitrogens with zero attached hydrogens (tertiary/aromatic N) is 3. The van der Waals surface area contributed by atoms with Crippen LogP contribution in [0.3, 0.4) is 0 Å². The van der Waals surface area contributed by atoms with Crippen LogP contribution in [0.15, 0.2) is 0 Å². The first-order valence-electron chi connectivity index (χ1n) is 5.01. The molecule has 1 aromatic heterocycles. The van der Waals surface area contributed by atoms with E-state index in [9.17, 15) is 13.2 Å². The van der Waals surface area contributed by atoms with Gasteiger partial charge >= 0.3 is 6.18 Å². The maximum Gasteiger partial charge on any atom is 0.410 e. The minimum Gasteiger partial charge on any atom is -0.390 e. The normalized spacial score (nSPS) is 14.0. The topological polar surface area (TPSA) is 60.2 Å². The van der Waals surface area contributed by atoms with E-state index in [1.807, 2.05) is 0 Å². The highest BCUT2D eigenvalue weighted by Gasteiger charge is 2.39. The second-order valence-electron chi connectivity index (χ2n) is 3.55. The molecule has 98 valence electrons. The number of alkyl halides is 3. The second kappa shape index (κ2) is 5.46. The molecule has 5 nitrogen and oxygen atoms in total. The van der Waals surface area contributed by atoms with Crippen LogP contribution in [0, 0.1) is 0 Å². The highest BCUT2D eigenvalue weighted by Crippen LogP contribution is 2.30. The fourth-order valence-corrected chi connectivity index (χ4v) is 1.38. The van der Waals surface area contributed by atoms with E-state index in [4.69, 9.17) is 9.84 Å². The number of rotatable bonds is 5. The van der Waals surface area contributed by atoms with Crippen LogP contribution in [0.4, 0.5) is 13.2 Å². The number of aliphatic hydroxyl groups is 1. The van der Waals surface area contributed by atoms with Gasteiger partial charge in [0.05, 0.1) is 18.9 Å². The van der Waals surface area contributed by atoms with Crippen molar-refractivity contribution >= 4 is 0 Å². The molecule has 1 atom stereocenters. The van der Waals surface area contributed by atoms with Crippen molar-refractivity contribution in [1.29, 1.82) is 0 Å². The van der Waals surface area contributed by atoms with Gasteiger partial charge in [-0.25, -0.2) is 4.68 Å². The Morgan fingerprint density at radius 3 is 2.59 bits per heavy atom. The molecule has 0 aliphatic rings. The molecule has 0 amide bonds. The van der Waals surface area contributed by atoms with Gasteiger partial charge in [-0.2, -0.15) is 13.2 Å². The Bertz CT molecular complexity index is 365. The molecule has 1 heterocycles. The van der Waals surface area contributed by atoms with Crippen LogP contribution in [-0.4, -0.2) is 40.0 Å². The number of aliphatic hydroxyl groups excluding tert-OH is 1. The Labute approximate surface area is 96.2 Å². The molecule has 0 spiro atoms. The van der Waals surface area contributed by atoms with E-state index in [2.05, 4.69) is 10.3 Å². The molecule has 1 rings (SSSR count). The summed E-state index contributed by atoms with van der Waals surface area (Å²) in [6.45, 7) is 0.792. The fourth-order valence-electron chi connectivity index (χ4n) is 1.38. The summed E-state index contributed by atoms with van der Waals surface area (Å²) < 4.78 is 43.3. The fraction of sp³-hybridized carbons (Fsp3) is 0.778. The molecule has 1 aromatic rings. The van der Waals surface area contributed by atoms with E-state index in [0.717, 1.165) is 11.6 Å². The standard InChI is InChI=1S/C9H14F3N3O2/c1-6(9(10,11)12)15-8(3-4-17-2)7(5-16)13-14-15/h6,16H,3-5H2,1-2H3. The second-order valence-corrected chi connectivity index (χ2v) is 3.55. The lowest BCUT2D eigenvalue weighted by atomic mass is 10.2.